The van der Waals surface area contributed by atoms with Crippen molar-refractivity contribution in [3.05, 3.63) is 58.9 Å². The highest BCUT2D eigenvalue weighted by Gasteiger charge is 2.32. The lowest BCUT2D eigenvalue weighted by Crippen LogP contribution is -2.39. The zero-order valence-corrected chi connectivity index (χ0v) is 14.0. The van der Waals surface area contributed by atoms with Crippen molar-refractivity contribution in [1.82, 2.24) is 4.90 Å². The SMILES string of the molecule is COc1cc2c(cc1OC)C(c1cccc(F)c1)N(C(C)=O)CC2. The number of methoxy groups -OCH3 is 2. The van der Waals surface area contributed by atoms with E-state index >= 15 is 0 Å². The molecule has 24 heavy (non-hydrogen) atoms. The average molecular weight is 329 g/mol. The van der Waals surface area contributed by atoms with Crippen LogP contribution in [0.3, 0.4) is 0 Å². The molecule has 1 heterocycles. The molecular formula is C19H20FNO3. The number of carbonyl (C=O) groups is 1. The molecule has 0 radical (unpaired) electrons. The molecule has 1 aliphatic rings. The van der Waals surface area contributed by atoms with Crippen molar-refractivity contribution in [3.8, 4) is 11.5 Å². The summed E-state index contributed by atoms with van der Waals surface area (Å²) in [7, 11) is 3.17. The molecule has 4 nitrogen and oxygen atoms in total. The molecule has 1 atom stereocenters. The van der Waals surface area contributed by atoms with Crippen LogP contribution in [-0.2, 0) is 11.2 Å². The number of benzene rings is 2. The van der Waals surface area contributed by atoms with Crippen LogP contribution in [0.15, 0.2) is 36.4 Å². The molecule has 0 spiro atoms. The Kier molecular flexibility index (Phi) is 4.42. The quantitative estimate of drug-likeness (QED) is 0.867. The predicted molar refractivity (Wildman–Crippen MR) is 88.9 cm³/mol. The smallest absolute Gasteiger partial charge is 0.220 e. The standard InChI is InChI=1S/C19H20FNO3/c1-12(22)21-8-7-13-10-17(23-2)18(24-3)11-16(13)19(21)14-5-4-6-15(20)9-14/h4-6,9-11,19H,7-8H2,1-3H3. The molecule has 0 aromatic heterocycles. The third kappa shape index (κ3) is 2.82. The second-order valence-electron chi connectivity index (χ2n) is 5.83. The Labute approximate surface area is 140 Å². The van der Waals surface area contributed by atoms with Crippen LogP contribution >= 0.6 is 0 Å². The van der Waals surface area contributed by atoms with Gasteiger partial charge in [0.05, 0.1) is 20.3 Å². The molecule has 0 aliphatic carbocycles. The monoisotopic (exact) mass is 329 g/mol. The molecule has 1 unspecified atom stereocenters. The van der Waals surface area contributed by atoms with Gasteiger partial charge in [-0.2, -0.15) is 0 Å². The van der Waals surface area contributed by atoms with Gasteiger partial charge in [-0.25, -0.2) is 4.39 Å². The van der Waals surface area contributed by atoms with Crippen LogP contribution in [0, 0.1) is 5.82 Å². The maximum atomic E-state index is 13.7. The Morgan fingerprint density at radius 2 is 1.88 bits per heavy atom. The van der Waals surface area contributed by atoms with Gasteiger partial charge in [-0.05, 0) is 47.4 Å². The van der Waals surface area contributed by atoms with E-state index in [1.807, 2.05) is 18.2 Å². The van der Waals surface area contributed by atoms with Gasteiger partial charge in [0.2, 0.25) is 5.91 Å². The largest absolute Gasteiger partial charge is 0.493 e. The molecule has 2 aromatic carbocycles. The molecule has 126 valence electrons. The highest BCUT2D eigenvalue weighted by atomic mass is 19.1. The molecular weight excluding hydrogens is 309 g/mol. The van der Waals surface area contributed by atoms with E-state index in [0.717, 1.165) is 23.1 Å². The van der Waals surface area contributed by atoms with Crippen LogP contribution in [0.25, 0.3) is 0 Å². The van der Waals surface area contributed by atoms with E-state index in [1.165, 1.54) is 19.1 Å². The number of nitrogens with zero attached hydrogens (tertiary/aromatic N) is 1. The minimum atomic E-state index is -0.332. The third-order valence-corrected chi connectivity index (χ3v) is 4.44. The number of rotatable bonds is 3. The number of hydrogen-bond acceptors (Lipinski definition) is 3. The molecule has 3 rings (SSSR count). The van der Waals surface area contributed by atoms with Crippen LogP contribution in [0.4, 0.5) is 4.39 Å². The highest BCUT2D eigenvalue weighted by Crippen LogP contribution is 2.41. The highest BCUT2D eigenvalue weighted by molar-refractivity contribution is 5.75. The lowest BCUT2D eigenvalue weighted by molar-refractivity contribution is -0.130. The molecule has 0 fully saturated rings. The van der Waals surface area contributed by atoms with Gasteiger partial charge >= 0.3 is 0 Å². The minimum Gasteiger partial charge on any atom is -0.493 e. The fourth-order valence-electron chi connectivity index (χ4n) is 3.32. The molecule has 0 saturated carbocycles. The van der Waals surface area contributed by atoms with Gasteiger partial charge in [-0.15, -0.1) is 0 Å². The minimum absolute atomic E-state index is 0.0373. The van der Waals surface area contributed by atoms with E-state index in [0.29, 0.717) is 18.0 Å². The van der Waals surface area contributed by atoms with E-state index < -0.39 is 0 Å². The summed E-state index contributed by atoms with van der Waals surface area (Å²) >= 11 is 0. The van der Waals surface area contributed by atoms with E-state index in [-0.39, 0.29) is 17.8 Å². The fourth-order valence-corrected chi connectivity index (χ4v) is 3.32. The van der Waals surface area contributed by atoms with Crippen molar-refractivity contribution >= 4 is 5.91 Å². The molecule has 0 bridgehead atoms. The summed E-state index contributed by atoms with van der Waals surface area (Å²) < 4.78 is 24.5. The van der Waals surface area contributed by atoms with Crippen molar-refractivity contribution in [2.24, 2.45) is 0 Å². The van der Waals surface area contributed by atoms with Crippen molar-refractivity contribution in [2.75, 3.05) is 20.8 Å². The van der Waals surface area contributed by atoms with Gasteiger partial charge < -0.3 is 14.4 Å². The Morgan fingerprint density at radius 3 is 2.50 bits per heavy atom. The Balaban J connectivity index is 2.18. The number of halogens is 1. The Morgan fingerprint density at radius 1 is 1.17 bits per heavy atom. The van der Waals surface area contributed by atoms with Gasteiger partial charge in [-0.1, -0.05) is 12.1 Å². The second kappa shape index (κ2) is 6.51. The van der Waals surface area contributed by atoms with Crippen molar-refractivity contribution in [3.63, 3.8) is 0 Å². The molecule has 5 heteroatoms. The van der Waals surface area contributed by atoms with Gasteiger partial charge in [0.1, 0.15) is 5.82 Å². The summed E-state index contributed by atoms with van der Waals surface area (Å²) in [4.78, 5) is 13.9. The number of fused-ring (bicyclic) bond motifs is 1. The summed E-state index contributed by atoms with van der Waals surface area (Å²) in [6.07, 6.45) is 0.723. The van der Waals surface area contributed by atoms with Crippen molar-refractivity contribution in [2.45, 2.75) is 19.4 Å². The molecule has 1 aliphatic heterocycles. The van der Waals surface area contributed by atoms with Gasteiger partial charge in [0.15, 0.2) is 11.5 Å². The first-order valence-electron chi connectivity index (χ1n) is 7.82. The molecule has 2 aromatic rings. The Bertz CT molecular complexity index is 775. The van der Waals surface area contributed by atoms with Gasteiger partial charge in [0.25, 0.3) is 0 Å². The summed E-state index contributed by atoms with van der Waals surface area (Å²) in [6.45, 7) is 2.12. The maximum Gasteiger partial charge on any atom is 0.220 e. The summed E-state index contributed by atoms with van der Waals surface area (Å²) in [6, 6.07) is 9.89. The van der Waals surface area contributed by atoms with Crippen LogP contribution in [0.2, 0.25) is 0 Å². The zero-order valence-electron chi connectivity index (χ0n) is 14.0. The summed E-state index contributed by atoms with van der Waals surface area (Å²) in [5.41, 5.74) is 2.78. The fraction of sp³-hybridized carbons (Fsp3) is 0.316. The zero-order chi connectivity index (χ0) is 17.3. The normalized spacial score (nSPS) is 16.5. The second-order valence-corrected chi connectivity index (χ2v) is 5.83. The van der Waals surface area contributed by atoms with E-state index in [4.69, 9.17) is 9.47 Å². The topological polar surface area (TPSA) is 38.8 Å². The van der Waals surface area contributed by atoms with Gasteiger partial charge in [0, 0.05) is 13.5 Å². The van der Waals surface area contributed by atoms with Gasteiger partial charge in [-0.3, -0.25) is 4.79 Å². The number of carbonyl (C=O) groups excluding carboxylic acids is 1. The summed E-state index contributed by atoms with van der Waals surface area (Å²) in [5.74, 6) is 0.905. The lowest BCUT2D eigenvalue weighted by Gasteiger charge is -2.37. The third-order valence-electron chi connectivity index (χ3n) is 4.44. The molecule has 1 amide bonds. The number of hydrogen-bond donors (Lipinski definition) is 0. The predicted octanol–water partition coefficient (Wildman–Crippen LogP) is 3.34. The van der Waals surface area contributed by atoms with Crippen LogP contribution in [0.1, 0.15) is 29.7 Å². The first kappa shape index (κ1) is 16.3. The van der Waals surface area contributed by atoms with Crippen LogP contribution in [0.5, 0.6) is 11.5 Å². The van der Waals surface area contributed by atoms with E-state index in [1.54, 1.807) is 25.2 Å². The van der Waals surface area contributed by atoms with E-state index in [9.17, 15) is 9.18 Å². The molecule has 0 saturated heterocycles. The molecule has 0 N–H and O–H groups in total. The average Bonchev–Trinajstić information content (AvgIpc) is 2.59. The van der Waals surface area contributed by atoms with Crippen molar-refractivity contribution in [1.29, 1.82) is 0 Å². The lowest BCUT2D eigenvalue weighted by atomic mass is 9.87. The Hall–Kier alpha value is -2.56. The first-order valence-corrected chi connectivity index (χ1v) is 7.82. The van der Waals surface area contributed by atoms with Crippen LogP contribution < -0.4 is 9.47 Å². The van der Waals surface area contributed by atoms with Crippen molar-refractivity contribution < 1.29 is 18.7 Å². The number of ether oxygens (including phenoxy) is 2. The maximum absolute atomic E-state index is 13.7. The van der Waals surface area contributed by atoms with E-state index in [2.05, 4.69) is 0 Å². The summed E-state index contributed by atoms with van der Waals surface area (Å²) in [5, 5.41) is 0. The first-order chi connectivity index (χ1) is 11.5. The number of amides is 1. The van der Waals surface area contributed by atoms with Crippen LogP contribution in [-0.4, -0.2) is 31.6 Å².